The highest BCUT2D eigenvalue weighted by atomic mass is 19.4. The standard InChI is InChI=1S/C26H23F3N4O4/c1-36-25(35)20-7-6-17(14-21(20)26(27,28)29)33-23(34)8-5-16-3-2-4-18(13-16)37-19-9-10-30-22(15-19)24-31-11-12-32-24/h2-4,6-7,9-10,13-15H,5,8,11-12H2,1H3,(H,31,32)(H,33,34). The summed E-state index contributed by atoms with van der Waals surface area (Å²) >= 11 is 0. The van der Waals surface area contributed by atoms with Gasteiger partial charge in [0.05, 0.1) is 24.8 Å². The summed E-state index contributed by atoms with van der Waals surface area (Å²) in [5, 5.41) is 5.61. The summed E-state index contributed by atoms with van der Waals surface area (Å²) in [5.74, 6) is 0.261. The second-order valence-corrected chi connectivity index (χ2v) is 8.08. The van der Waals surface area contributed by atoms with E-state index in [-0.39, 0.29) is 12.1 Å². The highest BCUT2D eigenvalue weighted by molar-refractivity contribution is 5.98. The normalized spacial score (nSPS) is 12.9. The molecule has 11 heteroatoms. The van der Waals surface area contributed by atoms with Crippen LogP contribution in [-0.4, -0.2) is 42.9 Å². The van der Waals surface area contributed by atoms with Crippen molar-refractivity contribution in [3.63, 3.8) is 0 Å². The average molecular weight is 512 g/mol. The molecule has 192 valence electrons. The molecule has 1 aliphatic rings. The molecule has 4 rings (SSSR count). The Balaban J connectivity index is 1.38. The predicted octanol–water partition coefficient (Wildman–Crippen LogP) is 4.60. The average Bonchev–Trinajstić information content (AvgIpc) is 3.42. The van der Waals surface area contributed by atoms with Crippen molar-refractivity contribution in [3.05, 3.63) is 83.2 Å². The van der Waals surface area contributed by atoms with E-state index >= 15 is 0 Å². The van der Waals surface area contributed by atoms with E-state index in [0.717, 1.165) is 25.3 Å². The number of alkyl halides is 3. The molecular formula is C26H23F3N4O4. The third-order valence-electron chi connectivity index (χ3n) is 5.44. The number of nitrogens with zero attached hydrogens (tertiary/aromatic N) is 2. The van der Waals surface area contributed by atoms with E-state index in [0.29, 0.717) is 42.1 Å². The van der Waals surface area contributed by atoms with Gasteiger partial charge in [-0.25, -0.2) is 4.79 Å². The number of hydrogen-bond donors (Lipinski definition) is 2. The largest absolute Gasteiger partial charge is 0.465 e. The summed E-state index contributed by atoms with van der Waals surface area (Å²) in [5.41, 5.74) is -0.399. The molecule has 37 heavy (non-hydrogen) atoms. The Labute approximate surface area is 210 Å². The Morgan fingerprint density at radius 2 is 1.89 bits per heavy atom. The monoisotopic (exact) mass is 512 g/mol. The fraction of sp³-hybridized carbons (Fsp3) is 0.231. The van der Waals surface area contributed by atoms with Crippen LogP contribution in [0.2, 0.25) is 0 Å². The van der Waals surface area contributed by atoms with Crippen LogP contribution in [0.15, 0.2) is 65.8 Å². The fourth-order valence-electron chi connectivity index (χ4n) is 3.70. The number of carbonyl (C=O) groups is 2. The number of aliphatic imine (C=N–C) groups is 1. The number of amides is 1. The van der Waals surface area contributed by atoms with Crippen molar-refractivity contribution in [1.29, 1.82) is 0 Å². The lowest BCUT2D eigenvalue weighted by Gasteiger charge is -2.14. The zero-order valence-electron chi connectivity index (χ0n) is 19.8. The van der Waals surface area contributed by atoms with E-state index in [9.17, 15) is 22.8 Å². The number of methoxy groups -OCH3 is 1. The minimum Gasteiger partial charge on any atom is -0.465 e. The van der Waals surface area contributed by atoms with Crippen LogP contribution in [0.4, 0.5) is 18.9 Å². The Hall–Kier alpha value is -4.41. The second-order valence-electron chi connectivity index (χ2n) is 8.08. The van der Waals surface area contributed by atoms with Crippen LogP contribution in [-0.2, 0) is 22.1 Å². The molecule has 0 spiro atoms. The van der Waals surface area contributed by atoms with E-state index in [1.54, 1.807) is 36.5 Å². The van der Waals surface area contributed by atoms with Crippen LogP contribution < -0.4 is 15.4 Å². The van der Waals surface area contributed by atoms with Gasteiger partial charge in [-0.3, -0.25) is 14.8 Å². The van der Waals surface area contributed by atoms with Crippen molar-refractivity contribution in [2.24, 2.45) is 4.99 Å². The lowest BCUT2D eigenvalue weighted by atomic mass is 10.1. The van der Waals surface area contributed by atoms with Gasteiger partial charge in [0.15, 0.2) is 0 Å². The Morgan fingerprint density at radius 3 is 2.62 bits per heavy atom. The molecule has 8 nitrogen and oxygen atoms in total. The maximum Gasteiger partial charge on any atom is 0.417 e. The molecule has 0 radical (unpaired) electrons. The summed E-state index contributed by atoms with van der Waals surface area (Å²) in [4.78, 5) is 32.7. The van der Waals surface area contributed by atoms with Gasteiger partial charge < -0.3 is 20.1 Å². The molecule has 1 aromatic heterocycles. The summed E-state index contributed by atoms with van der Waals surface area (Å²) in [6.45, 7) is 1.46. The summed E-state index contributed by atoms with van der Waals surface area (Å²) in [7, 11) is 0.996. The van der Waals surface area contributed by atoms with Gasteiger partial charge in [0.25, 0.3) is 0 Å². The predicted molar refractivity (Wildman–Crippen MR) is 130 cm³/mol. The first-order valence-electron chi connectivity index (χ1n) is 11.3. The van der Waals surface area contributed by atoms with Crippen molar-refractivity contribution in [3.8, 4) is 11.5 Å². The molecule has 0 aliphatic carbocycles. The van der Waals surface area contributed by atoms with Crippen molar-refractivity contribution in [2.75, 3.05) is 25.5 Å². The molecule has 0 unspecified atom stereocenters. The number of pyridine rings is 1. The first-order valence-corrected chi connectivity index (χ1v) is 11.3. The highest BCUT2D eigenvalue weighted by Gasteiger charge is 2.36. The summed E-state index contributed by atoms with van der Waals surface area (Å²) < 4.78 is 50.5. The molecule has 0 saturated carbocycles. The number of nitrogens with one attached hydrogen (secondary N) is 2. The zero-order chi connectivity index (χ0) is 26.4. The number of carbonyl (C=O) groups excluding carboxylic acids is 2. The van der Waals surface area contributed by atoms with Crippen LogP contribution in [0, 0.1) is 0 Å². The summed E-state index contributed by atoms with van der Waals surface area (Å²) in [6.07, 6.45) is -2.81. The number of amidine groups is 1. The molecule has 0 saturated heterocycles. The van der Waals surface area contributed by atoms with Crippen molar-refractivity contribution >= 4 is 23.4 Å². The highest BCUT2D eigenvalue weighted by Crippen LogP contribution is 2.34. The quantitative estimate of drug-likeness (QED) is 0.428. The number of ether oxygens (including phenoxy) is 2. The number of rotatable bonds is 8. The molecule has 3 aromatic rings. The summed E-state index contributed by atoms with van der Waals surface area (Å²) in [6, 6.07) is 13.6. The number of hydrogen-bond acceptors (Lipinski definition) is 7. The van der Waals surface area contributed by atoms with Gasteiger partial charge in [-0.15, -0.1) is 0 Å². The third kappa shape index (κ3) is 6.63. The molecule has 2 heterocycles. The second kappa shape index (κ2) is 11.1. The van der Waals surface area contributed by atoms with Crippen molar-refractivity contribution in [1.82, 2.24) is 10.3 Å². The first kappa shape index (κ1) is 25.7. The van der Waals surface area contributed by atoms with Crippen molar-refractivity contribution < 1.29 is 32.2 Å². The van der Waals surface area contributed by atoms with Crippen LogP contribution in [0.3, 0.4) is 0 Å². The van der Waals surface area contributed by atoms with Gasteiger partial charge in [0.2, 0.25) is 5.91 Å². The number of anilines is 1. The third-order valence-corrected chi connectivity index (χ3v) is 5.44. The Kier molecular flexibility index (Phi) is 7.71. The topological polar surface area (TPSA) is 102 Å². The van der Waals surface area contributed by atoms with Gasteiger partial charge in [-0.05, 0) is 48.4 Å². The molecule has 2 aromatic carbocycles. The number of aryl methyl sites for hydroxylation is 1. The Bertz CT molecular complexity index is 1340. The SMILES string of the molecule is COC(=O)c1ccc(NC(=O)CCc2cccc(Oc3ccnc(C4=NCCN4)c3)c2)cc1C(F)(F)F. The van der Waals surface area contributed by atoms with E-state index in [1.165, 1.54) is 6.07 Å². The molecule has 0 atom stereocenters. The smallest absolute Gasteiger partial charge is 0.417 e. The molecular weight excluding hydrogens is 489 g/mol. The van der Waals surface area contributed by atoms with E-state index in [4.69, 9.17) is 4.74 Å². The lowest BCUT2D eigenvalue weighted by molar-refractivity contribution is -0.138. The van der Waals surface area contributed by atoms with Gasteiger partial charge in [-0.2, -0.15) is 13.2 Å². The Morgan fingerprint density at radius 1 is 1.08 bits per heavy atom. The fourth-order valence-corrected chi connectivity index (χ4v) is 3.70. The molecule has 0 bridgehead atoms. The molecule has 1 aliphatic heterocycles. The maximum absolute atomic E-state index is 13.4. The van der Waals surface area contributed by atoms with Crippen LogP contribution in [0.5, 0.6) is 11.5 Å². The lowest BCUT2D eigenvalue weighted by Crippen LogP contribution is -2.20. The molecule has 0 fully saturated rings. The number of esters is 1. The van der Waals surface area contributed by atoms with Crippen LogP contribution in [0.1, 0.15) is 33.6 Å². The van der Waals surface area contributed by atoms with Gasteiger partial charge >= 0.3 is 12.1 Å². The van der Waals surface area contributed by atoms with Gasteiger partial charge in [0, 0.05) is 30.9 Å². The number of benzene rings is 2. The van der Waals surface area contributed by atoms with E-state index in [2.05, 4.69) is 25.3 Å². The van der Waals surface area contributed by atoms with Gasteiger partial charge in [-0.1, -0.05) is 12.1 Å². The maximum atomic E-state index is 13.4. The molecule has 1 amide bonds. The molecule has 2 N–H and O–H groups in total. The zero-order valence-corrected chi connectivity index (χ0v) is 19.8. The number of aromatic nitrogens is 1. The van der Waals surface area contributed by atoms with E-state index < -0.39 is 29.2 Å². The van der Waals surface area contributed by atoms with Crippen molar-refractivity contribution in [2.45, 2.75) is 19.0 Å². The van der Waals surface area contributed by atoms with E-state index in [1.807, 2.05) is 6.07 Å². The minimum absolute atomic E-state index is 0.0223. The van der Waals surface area contributed by atoms with Gasteiger partial charge in [0.1, 0.15) is 23.0 Å². The first-order chi connectivity index (χ1) is 17.7. The van der Waals surface area contributed by atoms with Crippen LogP contribution in [0.25, 0.3) is 0 Å². The minimum atomic E-state index is -4.79. The number of halogens is 3. The van der Waals surface area contributed by atoms with Crippen LogP contribution >= 0.6 is 0 Å².